The third kappa shape index (κ3) is 2.76. The molecule has 2 aromatic heterocycles. The molecule has 0 aliphatic rings. The standard InChI is InChI=1S/C17H19FN4O/c1-11-7-12(5-6-14(11)18)9-21-10-19-15-13(16(21)23)8-20-22(15)17(2,3)4/h5-8,10H,9H2,1-4H3. The molecule has 1 aromatic carbocycles. The molecule has 0 spiro atoms. The van der Waals surface area contributed by atoms with Crippen molar-refractivity contribution in [2.45, 2.75) is 39.8 Å². The molecule has 0 aliphatic carbocycles. The minimum Gasteiger partial charge on any atom is -0.294 e. The topological polar surface area (TPSA) is 52.7 Å². The Balaban J connectivity index is 2.04. The fraction of sp³-hybridized carbons (Fsp3) is 0.353. The number of benzene rings is 1. The number of halogens is 1. The number of aromatic nitrogens is 4. The van der Waals surface area contributed by atoms with E-state index in [2.05, 4.69) is 10.1 Å². The van der Waals surface area contributed by atoms with Crippen molar-refractivity contribution < 1.29 is 4.39 Å². The van der Waals surface area contributed by atoms with Gasteiger partial charge in [0.2, 0.25) is 0 Å². The maximum absolute atomic E-state index is 13.3. The number of hydrogen-bond donors (Lipinski definition) is 0. The lowest BCUT2D eigenvalue weighted by atomic mass is 10.1. The second-order valence-corrected chi connectivity index (χ2v) is 6.73. The number of rotatable bonds is 2. The minimum atomic E-state index is -0.249. The molecular weight excluding hydrogens is 295 g/mol. The molecular formula is C17H19FN4O. The predicted molar refractivity (Wildman–Crippen MR) is 87.0 cm³/mol. The Morgan fingerprint density at radius 1 is 1.26 bits per heavy atom. The number of nitrogens with zero attached hydrogens (tertiary/aromatic N) is 4. The van der Waals surface area contributed by atoms with E-state index in [1.54, 1.807) is 29.9 Å². The van der Waals surface area contributed by atoms with Crippen molar-refractivity contribution in [1.82, 2.24) is 19.3 Å². The van der Waals surface area contributed by atoms with Crippen LogP contribution in [0.2, 0.25) is 0 Å². The quantitative estimate of drug-likeness (QED) is 0.731. The molecule has 23 heavy (non-hydrogen) atoms. The highest BCUT2D eigenvalue weighted by Crippen LogP contribution is 2.18. The van der Waals surface area contributed by atoms with Crippen molar-refractivity contribution in [3.05, 3.63) is 58.0 Å². The van der Waals surface area contributed by atoms with Crippen LogP contribution in [0.25, 0.3) is 11.0 Å². The lowest BCUT2D eigenvalue weighted by molar-refractivity contribution is 0.365. The Bertz CT molecular complexity index is 934. The van der Waals surface area contributed by atoms with Gasteiger partial charge in [-0.1, -0.05) is 12.1 Å². The van der Waals surface area contributed by atoms with Gasteiger partial charge in [0.25, 0.3) is 5.56 Å². The second kappa shape index (κ2) is 5.30. The maximum atomic E-state index is 13.3. The first kappa shape index (κ1) is 15.4. The first-order chi connectivity index (χ1) is 10.8. The average Bonchev–Trinajstić information content (AvgIpc) is 2.90. The zero-order chi connectivity index (χ0) is 16.8. The van der Waals surface area contributed by atoms with Crippen LogP contribution in [0.4, 0.5) is 4.39 Å². The van der Waals surface area contributed by atoms with E-state index in [1.165, 1.54) is 17.0 Å². The van der Waals surface area contributed by atoms with Gasteiger partial charge in [0, 0.05) is 0 Å². The van der Waals surface area contributed by atoms with Gasteiger partial charge in [0.15, 0.2) is 5.65 Å². The number of aryl methyl sites for hydroxylation is 1. The minimum absolute atomic E-state index is 0.146. The molecule has 0 radical (unpaired) electrons. The largest absolute Gasteiger partial charge is 0.294 e. The molecule has 6 heteroatoms. The van der Waals surface area contributed by atoms with E-state index in [9.17, 15) is 9.18 Å². The van der Waals surface area contributed by atoms with Gasteiger partial charge in [-0.25, -0.2) is 14.1 Å². The van der Waals surface area contributed by atoms with Crippen LogP contribution in [-0.2, 0) is 12.1 Å². The summed E-state index contributed by atoms with van der Waals surface area (Å²) in [5.74, 6) is -0.249. The Kier molecular flexibility index (Phi) is 3.55. The fourth-order valence-corrected chi connectivity index (χ4v) is 2.55. The van der Waals surface area contributed by atoms with E-state index >= 15 is 0 Å². The molecule has 0 unspecified atom stereocenters. The highest BCUT2D eigenvalue weighted by atomic mass is 19.1. The van der Waals surface area contributed by atoms with Crippen molar-refractivity contribution in [3.63, 3.8) is 0 Å². The second-order valence-electron chi connectivity index (χ2n) is 6.73. The molecule has 2 heterocycles. The maximum Gasteiger partial charge on any atom is 0.264 e. The van der Waals surface area contributed by atoms with Crippen LogP contribution < -0.4 is 5.56 Å². The van der Waals surface area contributed by atoms with Crippen LogP contribution in [0.15, 0.2) is 35.5 Å². The summed E-state index contributed by atoms with van der Waals surface area (Å²) < 4.78 is 16.6. The molecule has 3 aromatic rings. The van der Waals surface area contributed by atoms with Crippen molar-refractivity contribution in [1.29, 1.82) is 0 Å². The summed E-state index contributed by atoms with van der Waals surface area (Å²) in [5, 5.41) is 4.78. The number of fused-ring (bicyclic) bond motifs is 1. The first-order valence-electron chi connectivity index (χ1n) is 7.46. The Morgan fingerprint density at radius 2 is 2.00 bits per heavy atom. The molecule has 0 amide bonds. The van der Waals surface area contributed by atoms with Gasteiger partial charge in [0.05, 0.1) is 18.3 Å². The normalized spacial score (nSPS) is 12.0. The summed E-state index contributed by atoms with van der Waals surface area (Å²) in [7, 11) is 0. The molecule has 0 N–H and O–H groups in total. The van der Waals surface area contributed by atoms with Crippen molar-refractivity contribution in [2.75, 3.05) is 0 Å². The highest BCUT2D eigenvalue weighted by molar-refractivity contribution is 5.73. The van der Waals surface area contributed by atoms with Gasteiger partial charge in [-0.15, -0.1) is 0 Å². The first-order valence-corrected chi connectivity index (χ1v) is 7.46. The van der Waals surface area contributed by atoms with Gasteiger partial charge in [-0.05, 0) is 44.9 Å². The van der Waals surface area contributed by atoms with Gasteiger partial charge in [-0.3, -0.25) is 9.36 Å². The van der Waals surface area contributed by atoms with E-state index in [0.717, 1.165) is 5.56 Å². The molecule has 0 saturated carbocycles. The van der Waals surface area contributed by atoms with Gasteiger partial charge in [0.1, 0.15) is 17.5 Å². The molecule has 0 atom stereocenters. The van der Waals surface area contributed by atoms with Gasteiger partial charge in [-0.2, -0.15) is 5.10 Å². The smallest absolute Gasteiger partial charge is 0.264 e. The molecule has 0 bridgehead atoms. The molecule has 0 fully saturated rings. The molecule has 120 valence electrons. The molecule has 0 saturated heterocycles. The predicted octanol–water partition coefficient (Wildman–Crippen LogP) is 2.84. The van der Waals surface area contributed by atoms with Crippen molar-refractivity contribution in [2.24, 2.45) is 0 Å². The van der Waals surface area contributed by atoms with Crippen LogP contribution in [0.3, 0.4) is 0 Å². The third-order valence-electron chi connectivity index (χ3n) is 3.77. The monoisotopic (exact) mass is 314 g/mol. The highest BCUT2D eigenvalue weighted by Gasteiger charge is 2.19. The Morgan fingerprint density at radius 3 is 2.65 bits per heavy atom. The summed E-state index contributed by atoms with van der Waals surface area (Å²) >= 11 is 0. The van der Waals surface area contributed by atoms with E-state index in [4.69, 9.17) is 0 Å². The number of hydrogen-bond acceptors (Lipinski definition) is 3. The van der Waals surface area contributed by atoms with Gasteiger partial charge < -0.3 is 0 Å². The fourth-order valence-electron chi connectivity index (χ4n) is 2.55. The van der Waals surface area contributed by atoms with Crippen LogP contribution in [0, 0.1) is 12.7 Å². The summed E-state index contributed by atoms with van der Waals surface area (Å²) in [6.45, 7) is 8.08. The van der Waals surface area contributed by atoms with Crippen LogP contribution in [-0.4, -0.2) is 19.3 Å². The van der Waals surface area contributed by atoms with E-state index in [0.29, 0.717) is 23.1 Å². The lowest BCUT2D eigenvalue weighted by Gasteiger charge is -2.19. The lowest BCUT2D eigenvalue weighted by Crippen LogP contribution is -2.25. The Labute approximate surface area is 133 Å². The molecule has 5 nitrogen and oxygen atoms in total. The van der Waals surface area contributed by atoms with E-state index in [1.807, 2.05) is 20.8 Å². The Hall–Kier alpha value is -2.50. The van der Waals surface area contributed by atoms with Crippen molar-refractivity contribution >= 4 is 11.0 Å². The summed E-state index contributed by atoms with van der Waals surface area (Å²) in [6, 6.07) is 4.83. The SMILES string of the molecule is Cc1cc(Cn2cnc3c(cnn3C(C)(C)C)c2=O)ccc1F. The zero-order valence-electron chi connectivity index (χ0n) is 13.7. The average molecular weight is 314 g/mol. The zero-order valence-corrected chi connectivity index (χ0v) is 13.7. The third-order valence-corrected chi connectivity index (χ3v) is 3.77. The summed E-state index contributed by atoms with van der Waals surface area (Å²) in [6.07, 6.45) is 3.08. The van der Waals surface area contributed by atoms with E-state index in [-0.39, 0.29) is 16.9 Å². The van der Waals surface area contributed by atoms with Gasteiger partial charge >= 0.3 is 0 Å². The summed E-state index contributed by atoms with van der Waals surface area (Å²) in [4.78, 5) is 17.0. The van der Waals surface area contributed by atoms with Crippen LogP contribution >= 0.6 is 0 Å². The van der Waals surface area contributed by atoms with Crippen molar-refractivity contribution in [3.8, 4) is 0 Å². The molecule has 0 aliphatic heterocycles. The summed E-state index contributed by atoms with van der Waals surface area (Å²) in [5.41, 5.74) is 1.60. The molecule has 3 rings (SSSR count). The van der Waals surface area contributed by atoms with Crippen LogP contribution in [0.5, 0.6) is 0 Å². The van der Waals surface area contributed by atoms with E-state index < -0.39 is 0 Å². The van der Waals surface area contributed by atoms with Crippen LogP contribution in [0.1, 0.15) is 31.9 Å².